The van der Waals surface area contributed by atoms with Crippen LogP contribution >= 0.6 is 0 Å². The van der Waals surface area contributed by atoms with Gasteiger partial charge in [-0.25, -0.2) is 0 Å². The van der Waals surface area contributed by atoms with Crippen molar-refractivity contribution in [3.63, 3.8) is 0 Å². The average molecular weight is 240 g/mol. The summed E-state index contributed by atoms with van der Waals surface area (Å²) in [5.74, 6) is 0.259. The fourth-order valence-electron chi connectivity index (χ4n) is 2.51. The SMILES string of the molecule is CC(=O)N1CCC[C@H](C(=O)N2CCOCC2)C1. The number of carbonyl (C=O) groups is 2. The molecule has 0 saturated carbocycles. The van der Waals surface area contributed by atoms with Crippen LogP contribution in [-0.4, -0.2) is 61.0 Å². The zero-order valence-electron chi connectivity index (χ0n) is 10.4. The molecule has 0 aliphatic carbocycles. The molecule has 2 rings (SSSR count). The first-order valence-electron chi connectivity index (χ1n) is 6.30. The summed E-state index contributed by atoms with van der Waals surface area (Å²) in [6, 6.07) is 0. The maximum Gasteiger partial charge on any atom is 0.227 e. The van der Waals surface area contributed by atoms with Crippen LogP contribution < -0.4 is 0 Å². The Morgan fingerprint density at radius 2 is 1.82 bits per heavy atom. The molecule has 2 aliphatic rings. The van der Waals surface area contributed by atoms with Gasteiger partial charge in [0.25, 0.3) is 0 Å². The molecule has 2 amide bonds. The number of amides is 2. The van der Waals surface area contributed by atoms with E-state index in [0.29, 0.717) is 32.8 Å². The van der Waals surface area contributed by atoms with E-state index in [2.05, 4.69) is 0 Å². The Morgan fingerprint density at radius 1 is 1.12 bits per heavy atom. The highest BCUT2D eigenvalue weighted by Crippen LogP contribution is 2.19. The zero-order chi connectivity index (χ0) is 12.3. The number of piperidine rings is 1. The number of morpholine rings is 1. The summed E-state index contributed by atoms with van der Waals surface area (Å²) in [5.41, 5.74) is 0. The molecule has 5 heteroatoms. The van der Waals surface area contributed by atoms with E-state index in [1.54, 1.807) is 11.8 Å². The molecular weight excluding hydrogens is 220 g/mol. The van der Waals surface area contributed by atoms with Crippen molar-refractivity contribution < 1.29 is 14.3 Å². The smallest absolute Gasteiger partial charge is 0.227 e. The van der Waals surface area contributed by atoms with E-state index in [1.165, 1.54) is 0 Å². The molecular formula is C12H20N2O3. The third-order valence-electron chi connectivity index (χ3n) is 3.54. The molecule has 0 spiro atoms. The number of carbonyl (C=O) groups excluding carboxylic acids is 2. The van der Waals surface area contributed by atoms with Crippen molar-refractivity contribution >= 4 is 11.8 Å². The Kier molecular flexibility index (Phi) is 3.99. The largest absolute Gasteiger partial charge is 0.378 e. The normalized spacial score (nSPS) is 25.8. The fourth-order valence-corrected chi connectivity index (χ4v) is 2.51. The standard InChI is InChI=1S/C12H20N2O3/c1-10(15)14-4-2-3-11(9-14)12(16)13-5-7-17-8-6-13/h11H,2-9H2,1H3/t11-/m0/s1. The van der Waals surface area contributed by atoms with Crippen LogP contribution in [0, 0.1) is 5.92 Å². The van der Waals surface area contributed by atoms with E-state index in [-0.39, 0.29) is 17.7 Å². The van der Waals surface area contributed by atoms with Gasteiger partial charge in [-0.05, 0) is 12.8 Å². The lowest BCUT2D eigenvalue weighted by Gasteiger charge is -2.35. The molecule has 1 atom stereocenters. The second kappa shape index (κ2) is 5.49. The molecule has 0 N–H and O–H groups in total. The highest BCUT2D eigenvalue weighted by Gasteiger charge is 2.30. The Bertz CT molecular complexity index is 300. The first-order valence-corrected chi connectivity index (χ1v) is 6.30. The lowest BCUT2D eigenvalue weighted by molar-refractivity contribution is -0.143. The molecule has 2 fully saturated rings. The van der Waals surface area contributed by atoms with Gasteiger partial charge in [0.1, 0.15) is 0 Å². The highest BCUT2D eigenvalue weighted by atomic mass is 16.5. The van der Waals surface area contributed by atoms with Crippen LogP contribution in [0.25, 0.3) is 0 Å². The van der Waals surface area contributed by atoms with Gasteiger partial charge < -0.3 is 14.5 Å². The van der Waals surface area contributed by atoms with Crippen LogP contribution in [0.4, 0.5) is 0 Å². The molecule has 0 aromatic carbocycles. The molecule has 2 saturated heterocycles. The quantitative estimate of drug-likeness (QED) is 0.653. The summed E-state index contributed by atoms with van der Waals surface area (Å²) < 4.78 is 5.24. The van der Waals surface area contributed by atoms with Gasteiger partial charge in [0.2, 0.25) is 11.8 Å². The molecule has 0 bridgehead atoms. The number of ether oxygens (including phenoxy) is 1. The predicted octanol–water partition coefficient (Wildman–Crippen LogP) is 0.104. The van der Waals surface area contributed by atoms with Gasteiger partial charge in [0, 0.05) is 33.1 Å². The van der Waals surface area contributed by atoms with Crippen molar-refractivity contribution in [1.29, 1.82) is 0 Å². The monoisotopic (exact) mass is 240 g/mol. The Balaban J connectivity index is 1.91. The van der Waals surface area contributed by atoms with Crippen LogP contribution in [0.3, 0.4) is 0 Å². The minimum absolute atomic E-state index is 0.00856. The van der Waals surface area contributed by atoms with Gasteiger partial charge in [-0.1, -0.05) is 0 Å². The van der Waals surface area contributed by atoms with Gasteiger partial charge in [-0.3, -0.25) is 9.59 Å². The van der Waals surface area contributed by atoms with Gasteiger partial charge in [-0.2, -0.15) is 0 Å². The zero-order valence-corrected chi connectivity index (χ0v) is 10.4. The second-order valence-electron chi connectivity index (χ2n) is 4.74. The lowest BCUT2D eigenvalue weighted by Crippen LogP contribution is -2.49. The summed E-state index contributed by atoms with van der Waals surface area (Å²) in [5, 5.41) is 0. The molecule has 17 heavy (non-hydrogen) atoms. The number of hydrogen-bond acceptors (Lipinski definition) is 3. The molecule has 0 unspecified atom stereocenters. The van der Waals surface area contributed by atoms with Crippen molar-refractivity contribution in [1.82, 2.24) is 9.80 Å². The third kappa shape index (κ3) is 2.97. The van der Waals surface area contributed by atoms with E-state index in [4.69, 9.17) is 4.74 Å². The minimum Gasteiger partial charge on any atom is -0.378 e. The molecule has 0 aromatic rings. The average Bonchev–Trinajstić information content (AvgIpc) is 2.39. The van der Waals surface area contributed by atoms with Crippen molar-refractivity contribution in [2.24, 2.45) is 5.92 Å². The van der Waals surface area contributed by atoms with Gasteiger partial charge >= 0.3 is 0 Å². The first kappa shape index (κ1) is 12.4. The van der Waals surface area contributed by atoms with Gasteiger partial charge in [0.15, 0.2) is 0 Å². The van der Waals surface area contributed by atoms with E-state index >= 15 is 0 Å². The predicted molar refractivity (Wildman–Crippen MR) is 62.4 cm³/mol. The summed E-state index contributed by atoms with van der Waals surface area (Å²) in [6.45, 7) is 5.60. The Morgan fingerprint density at radius 3 is 2.47 bits per heavy atom. The van der Waals surface area contributed by atoms with Crippen molar-refractivity contribution in [3.05, 3.63) is 0 Å². The van der Waals surface area contributed by atoms with Gasteiger partial charge in [0.05, 0.1) is 19.1 Å². The van der Waals surface area contributed by atoms with E-state index in [0.717, 1.165) is 19.4 Å². The molecule has 0 aromatic heterocycles. The summed E-state index contributed by atoms with van der Waals surface area (Å²) in [4.78, 5) is 27.2. The Labute approximate surface area is 102 Å². The maximum atomic E-state index is 12.3. The van der Waals surface area contributed by atoms with Crippen LogP contribution in [-0.2, 0) is 14.3 Å². The molecule has 5 nitrogen and oxygen atoms in total. The first-order chi connectivity index (χ1) is 8.18. The molecule has 0 radical (unpaired) electrons. The van der Waals surface area contributed by atoms with Crippen LogP contribution in [0.5, 0.6) is 0 Å². The van der Waals surface area contributed by atoms with E-state index < -0.39 is 0 Å². The number of rotatable bonds is 1. The summed E-state index contributed by atoms with van der Waals surface area (Å²) in [7, 11) is 0. The number of likely N-dealkylation sites (tertiary alicyclic amines) is 1. The molecule has 2 aliphatic heterocycles. The summed E-state index contributed by atoms with van der Waals surface area (Å²) in [6.07, 6.45) is 1.83. The molecule has 2 heterocycles. The van der Waals surface area contributed by atoms with E-state index in [9.17, 15) is 9.59 Å². The van der Waals surface area contributed by atoms with Crippen LogP contribution in [0.15, 0.2) is 0 Å². The van der Waals surface area contributed by atoms with Gasteiger partial charge in [-0.15, -0.1) is 0 Å². The summed E-state index contributed by atoms with van der Waals surface area (Å²) >= 11 is 0. The molecule has 96 valence electrons. The van der Waals surface area contributed by atoms with Crippen LogP contribution in [0.1, 0.15) is 19.8 Å². The number of nitrogens with zero attached hydrogens (tertiary/aromatic N) is 2. The second-order valence-corrected chi connectivity index (χ2v) is 4.74. The van der Waals surface area contributed by atoms with Crippen molar-refractivity contribution in [2.45, 2.75) is 19.8 Å². The number of hydrogen-bond donors (Lipinski definition) is 0. The van der Waals surface area contributed by atoms with Crippen LogP contribution in [0.2, 0.25) is 0 Å². The van der Waals surface area contributed by atoms with E-state index in [1.807, 2.05) is 4.90 Å². The maximum absolute atomic E-state index is 12.3. The third-order valence-corrected chi connectivity index (χ3v) is 3.54. The fraction of sp³-hybridized carbons (Fsp3) is 0.833. The lowest BCUT2D eigenvalue weighted by atomic mass is 9.96. The van der Waals surface area contributed by atoms with Crippen molar-refractivity contribution in [3.8, 4) is 0 Å². The van der Waals surface area contributed by atoms with Crippen molar-refractivity contribution in [2.75, 3.05) is 39.4 Å². The highest BCUT2D eigenvalue weighted by molar-refractivity contribution is 5.80. The minimum atomic E-state index is -0.00856. The Hall–Kier alpha value is -1.10. The topological polar surface area (TPSA) is 49.9 Å².